The summed E-state index contributed by atoms with van der Waals surface area (Å²) in [6.45, 7) is 0. The van der Waals surface area contributed by atoms with Gasteiger partial charge in [-0.1, -0.05) is 30.6 Å². The fourth-order valence-electron chi connectivity index (χ4n) is 2.60. The summed E-state index contributed by atoms with van der Waals surface area (Å²) >= 11 is 1.19. The van der Waals surface area contributed by atoms with E-state index in [0.717, 1.165) is 25.7 Å². The summed E-state index contributed by atoms with van der Waals surface area (Å²) in [5.41, 5.74) is 0.492. The van der Waals surface area contributed by atoms with Crippen LogP contribution in [0.25, 0.3) is 11.5 Å². The summed E-state index contributed by atoms with van der Waals surface area (Å²) in [4.78, 5) is 17.0. The lowest BCUT2D eigenvalue weighted by Gasteiger charge is -2.19. The van der Waals surface area contributed by atoms with Crippen LogP contribution in [0.4, 0.5) is 5.13 Å². The number of nitrogens with zero attached hydrogens (tertiary/aromatic N) is 2. The number of nitriles is 1. The summed E-state index contributed by atoms with van der Waals surface area (Å²) in [6.07, 6.45) is 6.84. The Kier molecular flexibility index (Phi) is 4.02. The van der Waals surface area contributed by atoms with Crippen molar-refractivity contribution in [2.75, 3.05) is 5.32 Å². The van der Waals surface area contributed by atoms with Gasteiger partial charge in [0.2, 0.25) is 5.91 Å². The van der Waals surface area contributed by atoms with Crippen molar-refractivity contribution in [2.45, 2.75) is 32.1 Å². The van der Waals surface area contributed by atoms with Gasteiger partial charge in [0.05, 0.1) is 6.26 Å². The highest BCUT2D eigenvalue weighted by Crippen LogP contribution is 2.32. The second-order valence-electron chi connectivity index (χ2n) is 5.11. The predicted molar refractivity (Wildman–Crippen MR) is 79.7 cm³/mol. The summed E-state index contributed by atoms with van der Waals surface area (Å²) in [6, 6.07) is 5.60. The van der Waals surface area contributed by atoms with Crippen molar-refractivity contribution in [1.29, 1.82) is 5.26 Å². The quantitative estimate of drug-likeness (QED) is 0.935. The van der Waals surface area contributed by atoms with Crippen molar-refractivity contribution < 1.29 is 9.21 Å². The van der Waals surface area contributed by atoms with Gasteiger partial charge in [-0.2, -0.15) is 5.26 Å². The van der Waals surface area contributed by atoms with E-state index in [4.69, 9.17) is 4.42 Å². The molecule has 1 N–H and O–H groups in total. The van der Waals surface area contributed by atoms with Crippen LogP contribution in [-0.2, 0) is 4.79 Å². The second kappa shape index (κ2) is 6.10. The van der Waals surface area contributed by atoms with Gasteiger partial charge in [0.15, 0.2) is 10.9 Å². The Labute approximate surface area is 126 Å². The number of aromatic nitrogens is 1. The van der Waals surface area contributed by atoms with Gasteiger partial charge in [0.1, 0.15) is 16.6 Å². The first-order valence-electron chi connectivity index (χ1n) is 7.03. The van der Waals surface area contributed by atoms with Crippen LogP contribution in [0.2, 0.25) is 0 Å². The van der Waals surface area contributed by atoms with E-state index in [0.29, 0.717) is 21.5 Å². The van der Waals surface area contributed by atoms with Crippen LogP contribution >= 0.6 is 11.3 Å². The van der Waals surface area contributed by atoms with E-state index in [-0.39, 0.29) is 11.8 Å². The van der Waals surface area contributed by atoms with E-state index in [1.165, 1.54) is 24.0 Å². The topological polar surface area (TPSA) is 78.9 Å². The van der Waals surface area contributed by atoms with Crippen molar-refractivity contribution in [2.24, 2.45) is 5.92 Å². The van der Waals surface area contributed by atoms with E-state index < -0.39 is 0 Å². The number of nitrogens with one attached hydrogen (secondary N) is 1. The lowest BCUT2D eigenvalue weighted by atomic mass is 9.89. The van der Waals surface area contributed by atoms with Gasteiger partial charge in [-0.05, 0) is 25.0 Å². The minimum atomic E-state index is 0.0129. The van der Waals surface area contributed by atoms with Gasteiger partial charge < -0.3 is 9.73 Å². The van der Waals surface area contributed by atoms with Gasteiger partial charge in [-0.25, -0.2) is 4.98 Å². The average Bonchev–Trinajstić information content (AvgIpc) is 3.16. The molecule has 0 atom stereocenters. The number of thiazole rings is 1. The summed E-state index contributed by atoms with van der Waals surface area (Å²) in [5.74, 6) is 0.625. The van der Waals surface area contributed by atoms with Gasteiger partial charge in [0, 0.05) is 5.92 Å². The highest BCUT2D eigenvalue weighted by atomic mass is 32.1. The maximum absolute atomic E-state index is 12.2. The molecule has 2 heterocycles. The third-order valence-electron chi connectivity index (χ3n) is 3.69. The molecule has 21 heavy (non-hydrogen) atoms. The second-order valence-corrected chi connectivity index (χ2v) is 6.11. The number of hydrogen-bond acceptors (Lipinski definition) is 5. The fraction of sp³-hybridized carbons (Fsp3) is 0.400. The first kappa shape index (κ1) is 13.8. The van der Waals surface area contributed by atoms with Crippen molar-refractivity contribution in [3.63, 3.8) is 0 Å². The lowest BCUT2D eigenvalue weighted by Crippen LogP contribution is -2.24. The number of furan rings is 1. The van der Waals surface area contributed by atoms with Crippen molar-refractivity contribution in [1.82, 2.24) is 4.98 Å². The number of hydrogen-bond donors (Lipinski definition) is 1. The zero-order valence-electron chi connectivity index (χ0n) is 11.5. The molecule has 0 spiro atoms. The Morgan fingerprint density at radius 2 is 2.24 bits per heavy atom. The average molecular weight is 301 g/mol. The summed E-state index contributed by atoms with van der Waals surface area (Å²) in [5, 5.41) is 12.5. The standard InChI is InChI=1S/C15H15N3O2S/c16-9-12-13(11-7-4-8-20-11)17-15(21-12)18-14(19)10-5-2-1-3-6-10/h4,7-8,10H,1-3,5-6H2,(H,17,18,19). The Bertz CT molecular complexity index is 664. The molecule has 1 aliphatic carbocycles. The molecule has 1 aliphatic rings. The molecule has 2 aromatic heterocycles. The van der Waals surface area contributed by atoms with Gasteiger partial charge >= 0.3 is 0 Å². The minimum Gasteiger partial charge on any atom is -0.463 e. The van der Waals surface area contributed by atoms with Crippen LogP contribution in [0.3, 0.4) is 0 Å². The molecule has 3 rings (SSSR count). The molecule has 0 bridgehead atoms. The Hall–Kier alpha value is -2.13. The van der Waals surface area contributed by atoms with E-state index in [9.17, 15) is 10.1 Å². The number of amides is 1. The van der Waals surface area contributed by atoms with Crippen LogP contribution < -0.4 is 5.32 Å². The molecule has 0 aliphatic heterocycles. The van der Waals surface area contributed by atoms with E-state index >= 15 is 0 Å². The molecule has 0 aromatic carbocycles. The summed E-state index contributed by atoms with van der Waals surface area (Å²) < 4.78 is 5.28. The van der Waals surface area contributed by atoms with Crippen LogP contribution in [0.15, 0.2) is 22.8 Å². The minimum absolute atomic E-state index is 0.0129. The molecule has 108 valence electrons. The number of carbonyl (C=O) groups is 1. The van der Waals surface area contributed by atoms with Gasteiger partial charge in [-0.15, -0.1) is 0 Å². The maximum Gasteiger partial charge on any atom is 0.229 e. The Morgan fingerprint density at radius 1 is 1.43 bits per heavy atom. The predicted octanol–water partition coefficient (Wildman–Crippen LogP) is 3.79. The largest absolute Gasteiger partial charge is 0.463 e. The third kappa shape index (κ3) is 2.98. The molecule has 1 amide bonds. The molecule has 1 saturated carbocycles. The van der Waals surface area contributed by atoms with E-state index in [2.05, 4.69) is 16.4 Å². The molecule has 1 fully saturated rings. The molecule has 6 heteroatoms. The Balaban J connectivity index is 1.77. The van der Waals surface area contributed by atoms with Crippen LogP contribution in [0.1, 0.15) is 37.0 Å². The van der Waals surface area contributed by atoms with Crippen LogP contribution in [0.5, 0.6) is 0 Å². The van der Waals surface area contributed by atoms with Crippen molar-refractivity contribution in [3.8, 4) is 17.5 Å². The van der Waals surface area contributed by atoms with E-state index in [1.54, 1.807) is 12.1 Å². The highest BCUT2D eigenvalue weighted by Gasteiger charge is 2.23. The first-order valence-corrected chi connectivity index (χ1v) is 7.85. The van der Waals surface area contributed by atoms with Gasteiger partial charge in [0.25, 0.3) is 0 Å². The zero-order chi connectivity index (χ0) is 14.7. The molecule has 0 radical (unpaired) electrons. The number of carbonyl (C=O) groups excluding carboxylic acids is 1. The van der Waals surface area contributed by atoms with Crippen molar-refractivity contribution >= 4 is 22.4 Å². The lowest BCUT2D eigenvalue weighted by molar-refractivity contribution is -0.120. The maximum atomic E-state index is 12.2. The monoisotopic (exact) mass is 301 g/mol. The molecular weight excluding hydrogens is 286 g/mol. The normalized spacial score (nSPS) is 15.6. The van der Waals surface area contributed by atoms with Crippen LogP contribution in [-0.4, -0.2) is 10.9 Å². The third-order valence-corrected chi connectivity index (χ3v) is 4.56. The molecule has 2 aromatic rings. The first-order chi connectivity index (χ1) is 10.3. The van der Waals surface area contributed by atoms with E-state index in [1.807, 2.05) is 0 Å². The molecule has 5 nitrogen and oxygen atoms in total. The fourth-order valence-corrected chi connectivity index (χ4v) is 3.37. The number of anilines is 1. The highest BCUT2D eigenvalue weighted by molar-refractivity contribution is 7.16. The smallest absolute Gasteiger partial charge is 0.229 e. The van der Waals surface area contributed by atoms with Crippen LogP contribution in [0, 0.1) is 17.2 Å². The van der Waals surface area contributed by atoms with Crippen molar-refractivity contribution in [3.05, 3.63) is 23.3 Å². The number of rotatable bonds is 3. The molecular formula is C15H15N3O2S. The summed E-state index contributed by atoms with van der Waals surface area (Å²) in [7, 11) is 0. The van der Waals surface area contributed by atoms with Gasteiger partial charge in [-0.3, -0.25) is 4.79 Å². The SMILES string of the molecule is N#Cc1sc(NC(=O)C2CCCCC2)nc1-c1ccco1. The molecule has 0 saturated heterocycles. The molecule has 0 unspecified atom stereocenters. The zero-order valence-corrected chi connectivity index (χ0v) is 12.3. The Morgan fingerprint density at radius 3 is 2.90 bits per heavy atom.